The Morgan fingerprint density at radius 3 is 2.67 bits per heavy atom. The molecule has 0 bridgehead atoms. The van der Waals surface area contributed by atoms with E-state index in [9.17, 15) is 4.79 Å². The number of aromatic amines is 1. The molecule has 0 saturated carbocycles. The Kier molecular flexibility index (Phi) is 5.70. The number of nitrogens with zero attached hydrogens (tertiary/aromatic N) is 4. The van der Waals surface area contributed by atoms with Crippen LogP contribution in [-0.2, 0) is 17.6 Å². The molecule has 8 heteroatoms. The maximum absolute atomic E-state index is 11.5. The third kappa shape index (κ3) is 4.15. The van der Waals surface area contributed by atoms with Crippen molar-refractivity contribution in [3.63, 3.8) is 0 Å². The molecule has 0 atom stereocenters. The van der Waals surface area contributed by atoms with E-state index in [1.54, 1.807) is 6.20 Å². The molecule has 148 valence electrons. The minimum absolute atomic E-state index is 0.0435. The van der Waals surface area contributed by atoms with E-state index < -0.39 is 0 Å². The van der Waals surface area contributed by atoms with E-state index in [2.05, 4.69) is 25.0 Å². The van der Waals surface area contributed by atoms with Crippen molar-refractivity contribution in [3.05, 3.63) is 82.2 Å². The summed E-state index contributed by atoms with van der Waals surface area (Å²) in [6, 6.07) is 11.3. The summed E-state index contributed by atoms with van der Waals surface area (Å²) in [5.41, 5.74) is 4.04. The molecule has 4 rings (SSSR count). The molecular weight excluding hydrogens is 418 g/mol. The topological polar surface area (TPSA) is 75.9 Å². The Balaban J connectivity index is 1.85. The molecule has 0 aliphatic heterocycles. The average Bonchev–Trinajstić information content (AvgIpc) is 3.37. The van der Waals surface area contributed by atoms with E-state index >= 15 is 0 Å². The second-order valence-corrected chi connectivity index (χ2v) is 8.21. The molecule has 4 aromatic rings. The first-order valence-corrected chi connectivity index (χ1v) is 10.3. The second-order valence-electron chi connectivity index (χ2n) is 6.75. The summed E-state index contributed by atoms with van der Waals surface area (Å²) in [5, 5.41) is 7.55. The Bertz CT molecular complexity index is 1240. The van der Waals surface area contributed by atoms with Crippen LogP contribution >= 0.6 is 22.9 Å². The fraction of sp³-hybridized carbons (Fsp3) is 0.136. The van der Waals surface area contributed by atoms with Crippen LogP contribution in [0.3, 0.4) is 0 Å². The average molecular weight is 434 g/mol. The number of ketones is 1. The van der Waals surface area contributed by atoms with Gasteiger partial charge in [0.15, 0.2) is 5.82 Å². The number of hydrogen-bond donors (Lipinski definition) is 1. The molecule has 0 saturated heterocycles. The zero-order chi connectivity index (χ0) is 21.1. The lowest BCUT2D eigenvalue weighted by Crippen LogP contribution is -1.98. The van der Waals surface area contributed by atoms with Gasteiger partial charge in [-0.1, -0.05) is 23.7 Å². The number of pyridine rings is 1. The molecule has 0 fully saturated rings. The van der Waals surface area contributed by atoms with Gasteiger partial charge in [-0.2, -0.15) is 5.10 Å². The van der Waals surface area contributed by atoms with Gasteiger partial charge in [0.25, 0.3) is 0 Å². The van der Waals surface area contributed by atoms with Crippen molar-refractivity contribution in [2.24, 2.45) is 0 Å². The standard InChI is InChI=1S/C22H16ClN5OS/c1-13(29)9-17-11-15(7-8-25-17)20-19(24-2)18(10-14-3-5-16(23)6-4-14)21(30-20)22-26-12-27-28-22/h3-8,11-12H,9-10H2,1H3,(H,26,27,28). The fourth-order valence-corrected chi connectivity index (χ4v) is 4.55. The number of hydrogen-bond acceptors (Lipinski definition) is 5. The lowest BCUT2D eigenvalue weighted by Gasteiger charge is -2.05. The van der Waals surface area contributed by atoms with Crippen LogP contribution in [0.1, 0.15) is 23.7 Å². The molecule has 1 aromatic carbocycles. The van der Waals surface area contributed by atoms with Gasteiger partial charge in [-0.25, -0.2) is 9.83 Å². The van der Waals surface area contributed by atoms with Crippen LogP contribution in [0.5, 0.6) is 0 Å². The molecule has 0 unspecified atom stereocenters. The van der Waals surface area contributed by atoms with Gasteiger partial charge < -0.3 is 0 Å². The first-order chi connectivity index (χ1) is 14.5. The predicted octanol–water partition coefficient (Wildman–Crippen LogP) is 5.52. The van der Waals surface area contributed by atoms with Crippen molar-refractivity contribution >= 4 is 34.4 Å². The van der Waals surface area contributed by atoms with Crippen molar-refractivity contribution in [1.82, 2.24) is 20.2 Å². The molecule has 0 spiro atoms. The van der Waals surface area contributed by atoms with Crippen molar-refractivity contribution in [2.75, 3.05) is 0 Å². The number of carbonyl (C=O) groups excluding carboxylic acids is 1. The Labute approximate surface area is 182 Å². The summed E-state index contributed by atoms with van der Waals surface area (Å²) in [4.78, 5) is 25.7. The lowest BCUT2D eigenvalue weighted by atomic mass is 10.0. The third-order valence-electron chi connectivity index (χ3n) is 4.52. The quantitative estimate of drug-likeness (QED) is 0.406. The number of aromatic nitrogens is 4. The third-order valence-corrected chi connectivity index (χ3v) is 6.05. The van der Waals surface area contributed by atoms with Gasteiger partial charge in [-0.05, 0) is 54.3 Å². The summed E-state index contributed by atoms with van der Waals surface area (Å²) in [7, 11) is 0. The number of halogens is 1. The van der Waals surface area contributed by atoms with Crippen molar-refractivity contribution < 1.29 is 4.79 Å². The zero-order valence-corrected chi connectivity index (χ0v) is 17.6. The molecule has 0 radical (unpaired) electrons. The number of Topliss-reactive ketones (excluding diaryl/α,β-unsaturated/α-hetero) is 1. The Hall–Kier alpha value is -3.34. The van der Waals surface area contributed by atoms with Gasteiger partial charge in [-0.3, -0.25) is 14.9 Å². The van der Waals surface area contributed by atoms with Crippen LogP contribution in [0.4, 0.5) is 5.69 Å². The maximum Gasteiger partial charge on any atom is 0.209 e. The highest BCUT2D eigenvalue weighted by molar-refractivity contribution is 7.19. The first-order valence-electron chi connectivity index (χ1n) is 9.13. The molecule has 6 nitrogen and oxygen atoms in total. The molecule has 0 aliphatic carbocycles. The summed E-state index contributed by atoms with van der Waals surface area (Å²) < 4.78 is 0. The monoisotopic (exact) mass is 433 g/mol. The first kappa shape index (κ1) is 20.0. The smallest absolute Gasteiger partial charge is 0.209 e. The van der Waals surface area contributed by atoms with E-state index in [0.717, 1.165) is 26.4 Å². The van der Waals surface area contributed by atoms with Crippen LogP contribution in [0.15, 0.2) is 48.9 Å². The fourth-order valence-electron chi connectivity index (χ4n) is 3.22. The van der Waals surface area contributed by atoms with Crippen molar-refractivity contribution in [2.45, 2.75) is 19.8 Å². The van der Waals surface area contributed by atoms with Gasteiger partial charge >= 0.3 is 0 Å². The maximum atomic E-state index is 11.5. The van der Waals surface area contributed by atoms with Gasteiger partial charge in [0.2, 0.25) is 5.69 Å². The number of nitrogens with one attached hydrogen (secondary N) is 1. The number of thiophene rings is 1. The van der Waals surface area contributed by atoms with Crippen LogP contribution in [0, 0.1) is 6.57 Å². The highest BCUT2D eigenvalue weighted by Crippen LogP contribution is 2.47. The molecule has 3 aromatic heterocycles. The summed E-state index contributed by atoms with van der Waals surface area (Å²) in [5.74, 6) is 0.667. The molecule has 3 heterocycles. The molecule has 0 aliphatic rings. The number of H-pyrrole nitrogens is 1. The highest BCUT2D eigenvalue weighted by atomic mass is 35.5. The minimum atomic E-state index is 0.0435. The predicted molar refractivity (Wildman–Crippen MR) is 118 cm³/mol. The van der Waals surface area contributed by atoms with Crippen LogP contribution < -0.4 is 0 Å². The summed E-state index contributed by atoms with van der Waals surface area (Å²) >= 11 is 7.51. The van der Waals surface area contributed by atoms with E-state index in [4.69, 9.17) is 18.2 Å². The van der Waals surface area contributed by atoms with Crippen LogP contribution in [-0.4, -0.2) is 25.9 Å². The lowest BCUT2D eigenvalue weighted by molar-refractivity contribution is -0.116. The molecule has 1 N–H and O–H groups in total. The Morgan fingerprint density at radius 2 is 2.00 bits per heavy atom. The zero-order valence-electron chi connectivity index (χ0n) is 16.0. The Morgan fingerprint density at radius 1 is 1.20 bits per heavy atom. The highest BCUT2D eigenvalue weighted by Gasteiger charge is 2.22. The van der Waals surface area contributed by atoms with Crippen molar-refractivity contribution in [3.8, 4) is 21.1 Å². The van der Waals surface area contributed by atoms with Gasteiger partial charge in [0.05, 0.1) is 11.4 Å². The van der Waals surface area contributed by atoms with E-state index in [1.807, 2.05) is 36.4 Å². The number of benzene rings is 1. The SMILES string of the molecule is [C-]#[N+]c1c(-c2ccnc(CC(C)=O)c2)sc(-c2ncn[nH]2)c1Cc1ccc(Cl)cc1. The second kappa shape index (κ2) is 8.57. The summed E-state index contributed by atoms with van der Waals surface area (Å²) in [6.07, 6.45) is 3.95. The molecule has 30 heavy (non-hydrogen) atoms. The van der Waals surface area contributed by atoms with E-state index in [0.29, 0.717) is 28.6 Å². The molecular formula is C22H16ClN5OS. The number of rotatable bonds is 6. The molecule has 0 amide bonds. The van der Waals surface area contributed by atoms with Crippen molar-refractivity contribution in [1.29, 1.82) is 0 Å². The van der Waals surface area contributed by atoms with E-state index in [1.165, 1.54) is 24.6 Å². The van der Waals surface area contributed by atoms with Gasteiger partial charge in [0.1, 0.15) is 12.1 Å². The normalized spacial score (nSPS) is 10.7. The number of carbonyl (C=O) groups is 1. The van der Waals surface area contributed by atoms with Gasteiger partial charge in [0, 0.05) is 28.2 Å². The summed E-state index contributed by atoms with van der Waals surface area (Å²) in [6.45, 7) is 9.41. The van der Waals surface area contributed by atoms with E-state index in [-0.39, 0.29) is 12.2 Å². The van der Waals surface area contributed by atoms with Gasteiger partial charge in [-0.15, -0.1) is 11.3 Å². The largest absolute Gasteiger partial charge is 0.300 e. The minimum Gasteiger partial charge on any atom is -0.300 e. The van der Waals surface area contributed by atoms with Crippen LogP contribution in [0.25, 0.3) is 26.0 Å². The van der Waals surface area contributed by atoms with Crippen LogP contribution in [0.2, 0.25) is 5.02 Å².